The van der Waals surface area contributed by atoms with Gasteiger partial charge in [0.1, 0.15) is 5.75 Å². The molecule has 0 aliphatic carbocycles. The number of nitrogens with one attached hydrogen (secondary N) is 1. The minimum absolute atomic E-state index is 0.0247. The quantitative estimate of drug-likeness (QED) is 0.379. The Morgan fingerprint density at radius 3 is 2.28 bits per heavy atom. The molecule has 8 nitrogen and oxygen atoms in total. The monoisotopic (exact) mass is 478 g/mol. The maximum Gasteiger partial charge on any atom is 0.271 e. The Bertz CT molecular complexity index is 1150. The van der Waals surface area contributed by atoms with E-state index in [1.807, 2.05) is 0 Å². The smallest absolute Gasteiger partial charge is 0.271 e. The molecule has 29 heavy (non-hydrogen) atoms. The van der Waals surface area contributed by atoms with Crippen molar-refractivity contribution in [3.8, 4) is 17.2 Å². The molecule has 10 heteroatoms. The standard InChI is InChI=1S/C19H15BrN2O6S/c1-27-18-4-2-3-5-19(18)28-14-7-9-15(10-8-14)29(25,26)21-17-12-13(22(23)24)6-11-16(17)20/h2-12,21H,1H3. The van der Waals surface area contributed by atoms with E-state index in [4.69, 9.17) is 9.47 Å². The van der Waals surface area contributed by atoms with Crippen LogP contribution in [0.1, 0.15) is 0 Å². The summed E-state index contributed by atoms with van der Waals surface area (Å²) in [4.78, 5) is 10.3. The third kappa shape index (κ3) is 4.84. The van der Waals surface area contributed by atoms with Gasteiger partial charge in [-0.05, 0) is 58.4 Å². The first-order chi connectivity index (χ1) is 13.8. The van der Waals surface area contributed by atoms with Gasteiger partial charge in [-0.3, -0.25) is 14.8 Å². The van der Waals surface area contributed by atoms with Gasteiger partial charge < -0.3 is 9.47 Å². The zero-order chi connectivity index (χ0) is 21.0. The summed E-state index contributed by atoms with van der Waals surface area (Å²) in [5.74, 6) is 1.45. The van der Waals surface area contributed by atoms with E-state index in [1.165, 1.54) is 43.5 Å². The number of halogens is 1. The van der Waals surface area contributed by atoms with Gasteiger partial charge in [0.05, 0.1) is 22.6 Å². The number of anilines is 1. The average molecular weight is 479 g/mol. The van der Waals surface area contributed by atoms with Gasteiger partial charge in [0.2, 0.25) is 0 Å². The Morgan fingerprint density at radius 2 is 1.66 bits per heavy atom. The molecule has 0 atom stereocenters. The first-order valence-electron chi connectivity index (χ1n) is 8.18. The number of nitro benzene ring substituents is 1. The summed E-state index contributed by atoms with van der Waals surface area (Å²) >= 11 is 3.19. The Balaban J connectivity index is 1.82. The van der Waals surface area contributed by atoms with E-state index < -0.39 is 14.9 Å². The molecular weight excluding hydrogens is 464 g/mol. The predicted molar refractivity (Wildman–Crippen MR) is 111 cm³/mol. The zero-order valence-electron chi connectivity index (χ0n) is 15.0. The van der Waals surface area contributed by atoms with Gasteiger partial charge in [-0.15, -0.1) is 0 Å². The van der Waals surface area contributed by atoms with Crippen molar-refractivity contribution >= 4 is 37.3 Å². The number of hydrogen-bond acceptors (Lipinski definition) is 6. The highest BCUT2D eigenvalue weighted by molar-refractivity contribution is 9.10. The van der Waals surface area contributed by atoms with E-state index >= 15 is 0 Å². The SMILES string of the molecule is COc1ccccc1Oc1ccc(S(=O)(=O)Nc2cc([N+](=O)[O-])ccc2Br)cc1. The molecule has 3 aromatic carbocycles. The van der Waals surface area contributed by atoms with E-state index in [0.29, 0.717) is 21.7 Å². The van der Waals surface area contributed by atoms with Crippen molar-refractivity contribution in [1.29, 1.82) is 0 Å². The first-order valence-corrected chi connectivity index (χ1v) is 10.5. The number of nitro groups is 1. The topological polar surface area (TPSA) is 108 Å². The second kappa shape index (κ2) is 8.50. The molecule has 3 rings (SSSR count). The normalized spacial score (nSPS) is 11.0. The lowest BCUT2D eigenvalue weighted by Crippen LogP contribution is -2.13. The summed E-state index contributed by atoms with van der Waals surface area (Å²) in [5.41, 5.74) is -0.167. The van der Waals surface area contributed by atoms with Crippen molar-refractivity contribution in [1.82, 2.24) is 0 Å². The molecule has 0 spiro atoms. The minimum Gasteiger partial charge on any atom is -0.493 e. The maximum absolute atomic E-state index is 12.6. The van der Waals surface area contributed by atoms with E-state index in [0.717, 1.165) is 6.07 Å². The van der Waals surface area contributed by atoms with Gasteiger partial charge in [0.25, 0.3) is 15.7 Å². The van der Waals surface area contributed by atoms with Crippen LogP contribution < -0.4 is 14.2 Å². The van der Waals surface area contributed by atoms with Crippen molar-refractivity contribution in [2.45, 2.75) is 4.90 Å². The van der Waals surface area contributed by atoms with Crippen molar-refractivity contribution in [3.05, 3.63) is 81.3 Å². The highest BCUT2D eigenvalue weighted by Gasteiger charge is 2.18. The summed E-state index contributed by atoms with van der Waals surface area (Å²) in [6, 6.07) is 16.6. The molecule has 0 radical (unpaired) electrons. The fourth-order valence-corrected chi connectivity index (χ4v) is 3.97. The largest absolute Gasteiger partial charge is 0.493 e. The highest BCUT2D eigenvalue weighted by Crippen LogP contribution is 2.32. The number of sulfonamides is 1. The van der Waals surface area contributed by atoms with Crippen LogP contribution in [0.5, 0.6) is 17.2 Å². The average Bonchev–Trinajstić information content (AvgIpc) is 2.70. The highest BCUT2D eigenvalue weighted by atomic mass is 79.9. The lowest BCUT2D eigenvalue weighted by molar-refractivity contribution is -0.384. The summed E-state index contributed by atoms with van der Waals surface area (Å²) in [5, 5.41) is 10.9. The zero-order valence-corrected chi connectivity index (χ0v) is 17.4. The fraction of sp³-hybridized carbons (Fsp3) is 0.0526. The van der Waals surface area contributed by atoms with Crippen molar-refractivity contribution in [3.63, 3.8) is 0 Å². The van der Waals surface area contributed by atoms with Crippen LogP contribution in [-0.2, 0) is 10.0 Å². The Hall–Kier alpha value is -3.11. The Morgan fingerprint density at radius 1 is 1.00 bits per heavy atom. The van der Waals surface area contributed by atoms with Crippen LogP contribution in [0.2, 0.25) is 0 Å². The Labute approximate surface area is 175 Å². The molecule has 150 valence electrons. The van der Waals surface area contributed by atoms with Crippen LogP contribution in [0.15, 0.2) is 76.1 Å². The lowest BCUT2D eigenvalue weighted by atomic mass is 10.3. The van der Waals surface area contributed by atoms with Crippen molar-refractivity contribution < 1.29 is 22.8 Å². The molecular formula is C19H15BrN2O6S. The van der Waals surface area contributed by atoms with Gasteiger partial charge in [0.15, 0.2) is 11.5 Å². The van der Waals surface area contributed by atoms with Gasteiger partial charge in [-0.1, -0.05) is 12.1 Å². The third-order valence-corrected chi connectivity index (χ3v) is 5.91. The molecule has 0 saturated heterocycles. The molecule has 0 bridgehead atoms. The van der Waals surface area contributed by atoms with Crippen LogP contribution in [0.3, 0.4) is 0 Å². The number of nitrogens with zero attached hydrogens (tertiary/aromatic N) is 1. The number of benzene rings is 3. The molecule has 0 aliphatic heterocycles. The van der Waals surface area contributed by atoms with Crippen LogP contribution in [-0.4, -0.2) is 20.5 Å². The first kappa shape index (κ1) is 20.6. The molecule has 0 fully saturated rings. The summed E-state index contributed by atoms with van der Waals surface area (Å²) in [7, 11) is -2.44. The summed E-state index contributed by atoms with van der Waals surface area (Å²) < 4.78 is 38.9. The van der Waals surface area contributed by atoms with Gasteiger partial charge in [-0.2, -0.15) is 0 Å². The fourth-order valence-electron chi connectivity index (χ4n) is 2.43. The number of hydrogen-bond donors (Lipinski definition) is 1. The van der Waals surface area contributed by atoms with E-state index in [1.54, 1.807) is 24.3 Å². The van der Waals surface area contributed by atoms with Crippen LogP contribution >= 0.6 is 15.9 Å². The summed E-state index contributed by atoms with van der Waals surface area (Å²) in [6.07, 6.45) is 0. The number of methoxy groups -OCH3 is 1. The van der Waals surface area contributed by atoms with E-state index in [9.17, 15) is 18.5 Å². The molecule has 1 N–H and O–H groups in total. The van der Waals surface area contributed by atoms with E-state index in [2.05, 4.69) is 20.7 Å². The van der Waals surface area contributed by atoms with E-state index in [-0.39, 0.29) is 16.3 Å². The van der Waals surface area contributed by atoms with Crippen molar-refractivity contribution in [2.24, 2.45) is 0 Å². The predicted octanol–water partition coefficient (Wildman–Crippen LogP) is 4.96. The number of non-ortho nitro benzene ring substituents is 1. The molecule has 3 aromatic rings. The van der Waals surface area contributed by atoms with Crippen LogP contribution in [0, 0.1) is 10.1 Å². The number of rotatable bonds is 7. The molecule has 0 aromatic heterocycles. The van der Waals surface area contributed by atoms with Crippen LogP contribution in [0.25, 0.3) is 0 Å². The second-order valence-corrected chi connectivity index (χ2v) is 8.29. The maximum atomic E-state index is 12.6. The number of ether oxygens (including phenoxy) is 2. The molecule has 0 saturated carbocycles. The second-order valence-electron chi connectivity index (χ2n) is 5.75. The third-order valence-electron chi connectivity index (χ3n) is 3.84. The molecule has 0 aliphatic rings. The van der Waals surface area contributed by atoms with Gasteiger partial charge in [0, 0.05) is 16.6 Å². The minimum atomic E-state index is -3.96. The van der Waals surface area contributed by atoms with Crippen molar-refractivity contribution in [2.75, 3.05) is 11.8 Å². The summed E-state index contributed by atoms with van der Waals surface area (Å²) in [6.45, 7) is 0. The molecule has 0 amide bonds. The lowest BCUT2D eigenvalue weighted by Gasteiger charge is -2.12. The van der Waals surface area contributed by atoms with Gasteiger partial charge >= 0.3 is 0 Å². The molecule has 0 heterocycles. The van der Waals surface area contributed by atoms with Gasteiger partial charge in [-0.25, -0.2) is 8.42 Å². The van der Waals surface area contributed by atoms with Crippen LogP contribution in [0.4, 0.5) is 11.4 Å². The molecule has 0 unspecified atom stereocenters. The Kier molecular flexibility index (Phi) is 6.04. The number of para-hydroxylation sites is 2.